The van der Waals surface area contributed by atoms with Crippen molar-refractivity contribution in [2.45, 2.75) is 38.0 Å². The Bertz CT molecular complexity index is 587. The zero-order valence-corrected chi connectivity index (χ0v) is 13.4. The lowest BCUT2D eigenvalue weighted by molar-refractivity contribution is 0.778. The van der Waals surface area contributed by atoms with Crippen LogP contribution in [0, 0.1) is 6.92 Å². The zero-order valence-electron chi connectivity index (χ0n) is 12.6. The van der Waals surface area contributed by atoms with E-state index in [0.29, 0.717) is 5.95 Å². The van der Waals surface area contributed by atoms with Crippen LogP contribution in [0.5, 0.6) is 0 Å². The third kappa shape index (κ3) is 4.93. The Balaban J connectivity index is 1.91. The van der Waals surface area contributed by atoms with Crippen LogP contribution in [-0.4, -0.2) is 21.6 Å². The van der Waals surface area contributed by atoms with Crippen molar-refractivity contribution in [1.29, 1.82) is 0 Å². The molecule has 0 saturated heterocycles. The Morgan fingerprint density at radius 3 is 2.67 bits per heavy atom. The van der Waals surface area contributed by atoms with E-state index >= 15 is 0 Å². The van der Waals surface area contributed by atoms with E-state index in [9.17, 15) is 0 Å². The van der Waals surface area contributed by atoms with Gasteiger partial charge in [-0.3, -0.25) is 0 Å². The number of unbranched alkanes of at least 4 members (excludes halogenated alkanes) is 2. The van der Waals surface area contributed by atoms with E-state index < -0.39 is 0 Å². The Hall–Kier alpha value is -1.75. The van der Waals surface area contributed by atoms with E-state index in [-0.39, 0.29) is 0 Å². The monoisotopic (exact) mass is 302 g/mol. The van der Waals surface area contributed by atoms with Gasteiger partial charge >= 0.3 is 0 Å². The van der Waals surface area contributed by atoms with E-state index in [1.807, 2.05) is 24.9 Å². The van der Waals surface area contributed by atoms with Crippen LogP contribution in [-0.2, 0) is 0 Å². The summed E-state index contributed by atoms with van der Waals surface area (Å²) in [7, 11) is 0. The minimum atomic E-state index is 0.409. The van der Waals surface area contributed by atoms with Crippen molar-refractivity contribution in [3.05, 3.63) is 41.7 Å². The second kappa shape index (κ2) is 7.88. The van der Waals surface area contributed by atoms with Gasteiger partial charge in [0.1, 0.15) is 0 Å². The third-order valence-electron chi connectivity index (χ3n) is 3.06. The molecule has 1 aromatic heterocycles. The number of imidazole rings is 1. The van der Waals surface area contributed by atoms with Gasteiger partial charge < -0.3 is 5.73 Å². The van der Waals surface area contributed by atoms with Crippen LogP contribution >= 0.6 is 11.8 Å². The number of anilines is 1. The number of benzene rings is 1. The minimum absolute atomic E-state index is 0.409. The fraction of sp³-hybridized carbons (Fsp3) is 0.375. The summed E-state index contributed by atoms with van der Waals surface area (Å²) in [5, 5.41) is 4.31. The highest BCUT2D eigenvalue weighted by Gasteiger charge is 1.98. The van der Waals surface area contributed by atoms with E-state index in [0.717, 1.165) is 11.3 Å². The van der Waals surface area contributed by atoms with Gasteiger partial charge in [-0.2, -0.15) is 5.10 Å². The van der Waals surface area contributed by atoms with Gasteiger partial charge in [0.25, 0.3) is 0 Å². The van der Waals surface area contributed by atoms with E-state index in [2.05, 4.69) is 41.3 Å². The Morgan fingerprint density at radius 1 is 1.29 bits per heavy atom. The minimum Gasteiger partial charge on any atom is -0.368 e. The molecule has 0 unspecified atom stereocenters. The molecule has 112 valence electrons. The van der Waals surface area contributed by atoms with Gasteiger partial charge in [-0.25, -0.2) is 9.66 Å². The predicted octanol–water partition coefficient (Wildman–Crippen LogP) is 3.94. The lowest BCUT2D eigenvalue weighted by Crippen LogP contribution is -1.96. The molecule has 1 heterocycles. The molecule has 5 heteroatoms. The second-order valence-electron chi connectivity index (χ2n) is 4.95. The molecule has 2 aromatic rings. The molecule has 2 N–H and O–H groups in total. The summed E-state index contributed by atoms with van der Waals surface area (Å²) in [5.41, 5.74) is 7.66. The first-order valence-electron chi connectivity index (χ1n) is 7.27. The lowest BCUT2D eigenvalue weighted by atomic mass is 10.2. The van der Waals surface area contributed by atoms with Crippen molar-refractivity contribution in [3.8, 4) is 0 Å². The lowest BCUT2D eigenvalue weighted by Gasteiger charge is -2.01. The average Bonchev–Trinajstić information content (AvgIpc) is 2.81. The first-order chi connectivity index (χ1) is 10.2. The van der Waals surface area contributed by atoms with Crippen molar-refractivity contribution < 1.29 is 0 Å². The Morgan fingerprint density at radius 2 is 2.05 bits per heavy atom. The summed E-state index contributed by atoms with van der Waals surface area (Å²) in [6.07, 6.45) is 7.47. The molecule has 0 aliphatic carbocycles. The third-order valence-corrected chi connectivity index (χ3v) is 4.16. The van der Waals surface area contributed by atoms with Crippen molar-refractivity contribution in [3.63, 3.8) is 0 Å². The average molecular weight is 302 g/mol. The first kappa shape index (κ1) is 15.6. The first-order valence-corrected chi connectivity index (χ1v) is 8.26. The molecular weight excluding hydrogens is 280 g/mol. The van der Waals surface area contributed by atoms with Gasteiger partial charge in [0.05, 0.1) is 18.1 Å². The number of nitrogens with zero attached hydrogens (tertiary/aromatic N) is 3. The van der Waals surface area contributed by atoms with Crippen LogP contribution in [0.3, 0.4) is 0 Å². The van der Waals surface area contributed by atoms with Crippen LogP contribution in [0.4, 0.5) is 5.95 Å². The van der Waals surface area contributed by atoms with E-state index in [1.54, 1.807) is 10.9 Å². The van der Waals surface area contributed by atoms with E-state index in [1.165, 1.54) is 29.9 Å². The quantitative estimate of drug-likeness (QED) is 0.479. The number of hydrogen-bond donors (Lipinski definition) is 1. The maximum atomic E-state index is 5.74. The fourth-order valence-electron chi connectivity index (χ4n) is 1.92. The molecule has 0 radical (unpaired) electrons. The maximum Gasteiger partial charge on any atom is 0.221 e. The van der Waals surface area contributed by atoms with Gasteiger partial charge in [-0.05, 0) is 36.8 Å². The van der Waals surface area contributed by atoms with Crippen molar-refractivity contribution in [1.82, 2.24) is 9.66 Å². The largest absolute Gasteiger partial charge is 0.368 e. The SMILES string of the molecule is CCCCCSc1ccc(C=Nn2cc(C)nc2N)cc1. The normalized spacial score (nSPS) is 11.3. The van der Waals surface area contributed by atoms with Gasteiger partial charge in [0.15, 0.2) is 0 Å². The highest BCUT2D eigenvalue weighted by atomic mass is 32.2. The molecule has 0 spiro atoms. The Kier molecular flexibility index (Phi) is 5.87. The molecule has 0 saturated carbocycles. The van der Waals surface area contributed by atoms with Crippen LogP contribution in [0.15, 0.2) is 40.5 Å². The van der Waals surface area contributed by atoms with Gasteiger partial charge in [0, 0.05) is 4.90 Å². The molecule has 4 nitrogen and oxygen atoms in total. The molecule has 21 heavy (non-hydrogen) atoms. The number of aromatic nitrogens is 2. The zero-order chi connectivity index (χ0) is 15.1. The number of rotatable bonds is 7. The van der Waals surface area contributed by atoms with Crippen LogP contribution in [0.1, 0.15) is 37.4 Å². The second-order valence-corrected chi connectivity index (χ2v) is 6.12. The molecule has 0 bridgehead atoms. The molecule has 0 fully saturated rings. The van der Waals surface area contributed by atoms with Gasteiger partial charge in [-0.1, -0.05) is 31.9 Å². The summed E-state index contributed by atoms with van der Waals surface area (Å²) in [6, 6.07) is 8.43. The van der Waals surface area contributed by atoms with Crippen LogP contribution in [0.2, 0.25) is 0 Å². The van der Waals surface area contributed by atoms with Crippen molar-refractivity contribution in [2.75, 3.05) is 11.5 Å². The number of thioether (sulfide) groups is 1. The molecule has 2 rings (SSSR count). The van der Waals surface area contributed by atoms with Gasteiger partial charge in [-0.15, -0.1) is 11.8 Å². The molecule has 1 aromatic carbocycles. The number of aryl methyl sites for hydroxylation is 1. The number of nitrogen functional groups attached to an aromatic ring is 1. The summed E-state index contributed by atoms with van der Waals surface area (Å²) >= 11 is 1.91. The van der Waals surface area contributed by atoms with Crippen molar-refractivity contribution in [2.24, 2.45) is 5.10 Å². The maximum absolute atomic E-state index is 5.74. The molecule has 0 aliphatic rings. The van der Waals surface area contributed by atoms with Crippen LogP contribution < -0.4 is 5.73 Å². The highest BCUT2D eigenvalue weighted by Crippen LogP contribution is 2.19. The molecule has 0 amide bonds. The molecule has 0 aliphatic heterocycles. The fourth-order valence-corrected chi connectivity index (χ4v) is 2.83. The highest BCUT2D eigenvalue weighted by molar-refractivity contribution is 7.99. The molecule has 0 atom stereocenters. The smallest absolute Gasteiger partial charge is 0.221 e. The van der Waals surface area contributed by atoms with Crippen molar-refractivity contribution >= 4 is 23.9 Å². The summed E-state index contributed by atoms with van der Waals surface area (Å²) in [5.74, 6) is 1.60. The summed E-state index contributed by atoms with van der Waals surface area (Å²) in [4.78, 5) is 5.42. The summed E-state index contributed by atoms with van der Waals surface area (Å²) in [6.45, 7) is 4.13. The molecular formula is C16H22N4S. The van der Waals surface area contributed by atoms with E-state index in [4.69, 9.17) is 5.73 Å². The van der Waals surface area contributed by atoms with Crippen LogP contribution in [0.25, 0.3) is 0 Å². The number of hydrogen-bond acceptors (Lipinski definition) is 4. The number of nitrogens with two attached hydrogens (primary N) is 1. The summed E-state index contributed by atoms with van der Waals surface area (Å²) < 4.78 is 1.59. The van der Waals surface area contributed by atoms with Gasteiger partial charge in [0.2, 0.25) is 5.95 Å². The Labute approximate surface area is 130 Å². The standard InChI is InChI=1S/C16H22N4S/c1-3-4-5-10-21-15-8-6-14(7-9-15)11-18-20-12-13(2)19-16(20)17/h6-9,11-12H,3-5,10H2,1-2H3,(H2,17,19). The predicted molar refractivity (Wildman–Crippen MR) is 91.1 cm³/mol. The topological polar surface area (TPSA) is 56.2 Å².